The van der Waals surface area contributed by atoms with Crippen LogP contribution in [-0.2, 0) is 16.4 Å². The summed E-state index contributed by atoms with van der Waals surface area (Å²) >= 11 is 8.81. The number of hydrogen-bond acceptors (Lipinski definition) is 4. The minimum Gasteiger partial charge on any atom is -0.375 e. The van der Waals surface area contributed by atoms with Gasteiger partial charge < -0.3 is 31.0 Å². The first-order chi connectivity index (χ1) is 14.8. The summed E-state index contributed by atoms with van der Waals surface area (Å²) < 4.78 is 8.88. The van der Waals surface area contributed by atoms with Crippen LogP contribution in [0.3, 0.4) is 0 Å². The summed E-state index contributed by atoms with van der Waals surface area (Å²) in [6.07, 6.45) is 8.48. The van der Waals surface area contributed by atoms with E-state index in [2.05, 4.69) is 72.4 Å². The van der Waals surface area contributed by atoms with Gasteiger partial charge in [0, 0.05) is 11.5 Å². The third kappa shape index (κ3) is 7.34. The molecule has 0 amide bonds. The van der Waals surface area contributed by atoms with Crippen LogP contribution in [0.2, 0.25) is 0 Å². The normalized spacial score (nSPS) is 26.0. The molecule has 9 N–H and O–H groups in total. The number of piperidine rings is 1. The van der Waals surface area contributed by atoms with E-state index >= 15 is 0 Å². The van der Waals surface area contributed by atoms with E-state index in [1.54, 1.807) is 11.1 Å². The van der Waals surface area contributed by atoms with Crippen molar-refractivity contribution in [3.05, 3.63) is 34.9 Å². The smallest absolute Gasteiger partial charge is 0.375 e. The summed E-state index contributed by atoms with van der Waals surface area (Å²) in [6, 6.07) is 8.07. The molecule has 1 saturated carbocycles. The van der Waals surface area contributed by atoms with Crippen molar-refractivity contribution in [2.24, 2.45) is 17.4 Å². The second-order valence-electron chi connectivity index (χ2n) is 8.66. The summed E-state index contributed by atoms with van der Waals surface area (Å²) in [5.41, 5.74) is 20.0. The van der Waals surface area contributed by atoms with Gasteiger partial charge in [-0.2, -0.15) is 0 Å². The van der Waals surface area contributed by atoms with E-state index < -0.39 is 7.82 Å². The van der Waals surface area contributed by atoms with E-state index in [9.17, 15) is 0 Å². The first kappa shape index (κ1) is 26.9. The summed E-state index contributed by atoms with van der Waals surface area (Å²) in [6.45, 7) is 3.56. The van der Waals surface area contributed by atoms with Crippen molar-refractivity contribution in [3.8, 4) is 0 Å². The molecule has 32 heavy (non-hydrogen) atoms. The zero-order chi connectivity index (χ0) is 24.1. The zero-order valence-electron chi connectivity index (χ0n) is 18.5. The van der Waals surface area contributed by atoms with Gasteiger partial charge in [0.1, 0.15) is 0 Å². The van der Waals surface area contributed by atoms with Crippen LogP contribution in [0.1, 0.15) is 48.8 Å². The molecule has 0 aromatic heterocycles. The van der Waals surface area contributed by atoms with Crippen LogP contribution in [0.4, 0.5) is 0 Å². The molecular weight excluding hydrogens is 469 g/mol. The van der Waals surface area contributed by atoms with Crippen molar-refractivity contribution in [2.45, 2.75) is 56.9 Å². The molecule has 12 heteroatoms. The number of aryl methyl sites for hydroxylation is 1. The lowest BCUT2D eigenvalue weighted by Crippen LogP contribution is -2.59. The van der Waals surface area contributed by atoms with Crippen LogP contribution in [-0.4, -0.2) is 49.4 Å². The van der Waals surface area contributed by atoms with Crippen molar-refractivity contribution in [3.63, 3.8) is 0 Å². The minimum atomic E-state index is -4.64. The number of thiocarbonyl (C=S) groups is 2. The fraction of sp³-hybridized carbons (Fsp3) is 0.600. The summed E-state index contributed by atoms with van der Waals surface area (Å²) in [4.78, 5) is 24.2. The summed E-state index contributed by atoms with van der Waals surface area (Å²) in [7, 11) is -2.29. The van der Waals surface area contributed by atoms with Gasteiger partial charge >= 0.3 is 7.82 Å². The number of nitrogens with zero attached hydrogens (tertiary/aromatic N) is 1. The molecule has 1 heterocycles. The average Bonchev–Trinajstić information content (AvgIpc) is 2.69. The molecule has 1 saturated heterocycles. The molecule has 3 atom stereocenters. The Hall–Kier alpha value is -1.33. The lowest BCUT2D eigenvalue weighted by molar-refractivity contribution is 0.00283. The monoisotopic (exact) mass is 503 g/mol. The maximum atomic E-state index is 8.88. The number of phosphoric acid groups is 1. The van der Waals surface area contributed by atoms with Gasteiger partial charge in [0.15, 0.2) is 10.2 Å². The Bertz CT molecular complexity index is 861. The van der Waals surface area contributed by atoms with Crippen LogP contribution in [0.5, 0.6) is 0 Å². The number of nitrogens with two attached hydrogens (primary N) is 2. The second kappa shape index (κ2) is 11.2. The molecule has 180 valence electrons. The van der Waals surface area contributed by atoms with Gasteiger partial charge in [-0.3, -0.25) is 10.9 Å². The van der Waals surface area contributed by atoms with Crippen molar-refractivity contribution >= 4 is 42.5 Å². The molecular formula is C20H34N5O4PS2. The molecule has 2 bridgehead atoms. The Morgan fingerprint density at radius 1 is 1.16 bits per heavy atom. The van der Waals surface area contributed by atoms with Crippen LogP contribution in [0.15, 0.2) is 18.2 Å². The number of fused-ring (bicyclic) bond motifs is 1. The Balaban J connectivity index is 0.000000235. The van der Waals surface area contributed by atoms with Gasteiger partial charge in [-0.1, -0.05) is 36.6 Å². The standard InChI is InChI=1S/C18H25N.C2H6N4S2.H3O4P/c1-13-6-7-14-12-17-15-5-3-4-8-18(15,16(14)11-13)9-10-19(17)2;3-1(7)5-6-2(4)8;1-5(2,3)4/h6-7,11,15,17H,3-5,8-10,12H2,1-2H3;(H3,3,5,7)(H3,4,6,8);(H3,1,2,3,4)/t15-,17+,18+;;/m0../s1. The highest BCUT2D eigenvalue weighted by atomic mass is 32.1. The largest absolute Gasteiger partial charge is 0.466 e. The number of nitrogens with one attached hydrogen (secondary N) is 2. The van der Waals surface area contributed by atoms with E-state index in [0.717, 1.165) is 12.0 Å². The highest BCUT2D eigenvalue weighted by Gasteiger charge is 2.52. The van der Waals surface area contributed by atoms with Crippen LogP contribution in [0, 0.1) is 12.8 Å². The van der Waals surface area contributed by atoms with E-state index in [1.807, 2.05) is 0 Å². The first-order valence-corrected chi connectivity index (χ1v) is 12.9. The maximum Gasteiger partial charge on any atom is 0.466 e. The maximum absolute atomic E-state index is 8.88. The van der Waals surface area contributed by atoms with Crippen molar-refractivity contribution in [1.82, 2.24) is 15.8 Å². The van der Waals surface area contributed by atoms with Crippen molar-refractivity contribution in [2.75, 3.05) is 13.6 Å². The van der Waals surface area contributed by atoms with E-state index in [-0.39, 0.29) is 10.2 Å². The number of rotatable bonds is 0. The number of hydrazine groups is 1. The molecule has 9 nitrogen and oxygen atoms in total. The molecule has 4 rings (SSSR count). The Labute approximate surface area is 200 Å². The van der Waals surface area contributed by atoms with Gasteiger partial charge in [-0.15, -0.1) is 0 Å². The van der Waals surface area contributed by atoms with Crippen LogP contribution >= 0.6 is 32.3 Å². The summed E-state index contributed by atoms with van der Waals surface area (Å²) in [5, 5.41) is 0.218. The highest BCUT2D eigenvalue weighted by molar-refractivity contribution is 7.80. The Kier molecular flexibility index (Phi) is 9.42. The van der Waals surface area contributed by atoms with Crippen molar-refractivity contribution < 1.29 is 19.2 Å². The Morgan fingerprint density at radius 2 is 1.75 bits per heavy atom. The lowest BCUT2D eigenvalue weighted by Gasteiger charge is -2.58. The first-order valence-electron chi connectivity index (χ1n) is 10.5. The Morgan fingerprint density at radius 3 is 2.31 bits per heavy atom. The van der Waals surface area contributed by atoms with E-state index in [1.165, 1.54) is 50.6 Å². The highest BCUT2D eigenvalue weighted by Crippen LogP contribution is 2.55. The molecule has 0 radical (unpaired) electrons. The van der Waals surface area contributed by atoms with Gasteiger partial charge in [0.25, 0.3) is 0 Å². The fourth-order valence-corrected chi connectivity index (χ4v) is 5.54. The van der Waals surface area contributed by atoms with Crippen LogP contribution < -0.4 is 22.3 Å². The third-order valence-corrected chi connectivity index (χ3v) is 6.78. The molecule has 2 aliphatic carbocycles. The fourth-order valence-electron chi connectivity index (χ4n) is 5.43. The second-order valence-corrected chi connectivity index (χ2v) is 10.6. The van der Waals surface area contributed by atoms with Crippen molar-refractivity contribution in [1.29, 1.82) is 0 Å². The quantitative estimate of drug-likeness (QED) is 0.156. The molecule has 0 spiro atoms. The number of hydrogen-bond donors (Lipinski definition) is 7. The molecule has 0 unspecified atom stereocenters. The van der Waals surface area contributed by atoms with Crippen LogP contribution in [0.25, 0.3) is 0 Å². The predicted octanol–water partition coefficient (Wildman–Crippen LogP) is 1.32. The van der Waals surface area contributed by atoms with E-state index in [4.69, 9.17) is 30.7 Å². The van der Waals surface area contributed by atoms with Gasteiger partial charge in [-0.25, -0.2) is 4.57 Å². The van der Waals surface area contributed by atoms with Gasteiger partial charge in [-0.05, 0) is 87.7 Å². The molecule has 1 aromatic carbocycles. The molecule has 3 aliphatic rings. The summed E-state index contributed by atoms with van der Waals surface area (Å²) in [5.74, 6) is 0.925. The number of likely N-dealkylation sites (tertiary alicyclic amines) is 1. The minimum absolute atomic E-state index is 0.109. The SMILES string of the molecule is Cc1ccc2c(c1)[C@@]13CCCC[C@H]1[C@@H](C2)N(C)CC3.NC(=S)NNC(N)=S.O=P(O)(O)O. The van der Waals surface area contributed by atoms with Gasteiger partial charge in [0.2, 0.25) is 0 Å². The molecule has 1 aliphatic heterocycles. The topological polar surface area (TPSA) is 157 Å². The zero-order valence-corrected chi connectivity index (χ0v) is 21.0. The average molecular weight is 504 g/mol. The predicted molar refractivity (Wildman–Crippen MR) is 134 cm³/mol. The lowest BCUT2D eigenvalue weighted by atomic mass is 9.52. The number of likely N-dealkylation sites (N-methyl/N-ethyl adjacent to an activating group) is 1. The van der Waals surface area contributed by atoms with Gasteiger partial charge in [0.05, 0.1) is 0 Å². The third-order valence-electron chi connectivity index (χ3n) is 6.58. The number of benzene rings is 1. The van der Waals surface area contributed by atoms with E-state index in [0.29, 0.717) is 5.41 Å². The molecule has 1 aromatic rings. The molecule has 2 fully saturated rings.